The van der Waals surface area contributed by atoms with E-state index in [0.717, 1.165) is 65.2 Å². The number of piperazine rings is 1. The molecule has 0 atom stereocenters. The summed E-state index contributed by atoms with van der Waals surface area (Å²) in [6, 6.07) is 4.14. The van der Waals surface area contributed by atoms with Gasteiger partial charge in [0.25, 0.3) is 0 Å². The van der Waals surface area contributed by atoms with Crippen LogP contribution in [-0.2, 0) is 28.1 Å². The third-order valence-corrected chi connectivity index (χ3v) is 11.3. The van der Waals surface area contributed by atoms with Gasteiger partial charge in [0.05, 0.1) is 55.1 Å². The van der Waals surface area contributed by atoms with Crippen molar-refractivity contribution in [3.05, 3.63) is 51.9 Å². The van der Waals surface area contributed by atoms with Crippen molar-refractivity contribution in [2.75, 3.05) is 72.5 Å². The first-order valence-electron chi connectivity index (χ1n) is 17.0. The zero-order valence-electron chi connectivity index (χ0n) is 29.0. The van der Waals surface area contributed by atoms with Crippen LogP contribution in [-0.4, -0.2) is 119 Å². The number of likely N-dealkylation sites (N-methyl/N-ethyl adjacent to an activating group) is 1. The number of rotatable bonds is 8. The first kappa shape index (κ1) is 33.2. The predicted octanol–water partition coefficient (Wildman–Crippen LogP) is 3.34. The monoisotopic (exact) mass is 687 g/mol. The van der Waals surface area contributed by atoms with Crippen LogP contribution in [0, 0.1) is 12.8 Å². The van der Waals surface area contributed by atoms with Crippen LogP contribution < -0.4 is 14.4 Å². The molecule has 0 bridgehead atoms. The van der Waals surface area contributed by atoms with E-state index in [1.807, 2.05) is 41.7 Å². The minimum absolute atomic E-state index is 0.0770. The summed E-state index contributed by atoms with van der Waals surface area (Å²) in [6.45, 7) is 6.19. The smallest absolute Gasteiger partial charge is 0.237 e. The topological polar surface area (TPSA) is 122 Å². The molecule has 0 unspecified atom stereocenters. The van der Waals surface area contributed by atoms with E-state index in [1.54, 1.807) is 31.9 Å². The Morgan fingerprint density at radius 2 is 1.76 bits per heavy atom. The molecule has 4 aromatic rings. The van der Waals surface area contributed by atoms with E-state index in [1.165, 1.54) is 5.56 Å². The summed E-state index contributed by atoms with van der Waals surface area (Å²) >= 11 is 1.63. The Balaban J connectivity index is 1.04. The molecule has 0 radical (unpaired) electrons. The van der Waals surface area contributed by atoms with Gasteiger partial charge in [0.15, 0.2) is 17.1 Å². The molecule has 2 aliphatic heterocycles. The summed E-state index contributed by atoms with van der Waals surface area (Å²) in [5.74, 6) is 2.48. The van der Waals surface area contributed by atoms with E-state index in [9.17, 15) is 9.59 Å². The average Bonchev–Trinajstić information content (AvgIpc) is 3.73. The number of nitrogens with zero attached hydrogens (tertiary/aromatic N) is 9. The van der Waals surface area contributed by atoms with Crippen molar-refractivity contribution >= 4 is 40.0 Å². The van der Waals surface area contributed by atoms with Gasteiger partial charge in [-0.05, 0) is 76.4 Å². The second kappa shape index (κ2) is 13.5. The summed E-state index contributed by atoms with van der Waals surface area (Å²) in [4.78, 5) is 49.7. The molecule has 1 saturated carbocycles. The van der Waals surface area contributed by atoms with Crippen molar-refractivity contribution < 1.29 is 19.1 Å². The molecule has 14 heteroatoms. The summed E-state index contributed by atoms with van der Waals surface area (Å²) in [5.41, 5.74) is 3.59. The Kier molecular flexibility index (Phi) is 9.18. The Bertz CT molecular complexity index is 1840. The van der Waals surface area contributed by atoms with Crippen LogP contribution in [0.3, 0.4) is 0 Å². The summed E-state index contributed by atoms with van der Waals surface area (Å²) in [5, 5.41) is 8.59. The van der Waals surface area contributed by atoms with Crippen LogP contribution in [0.2, 0.25) is 0 Å². The number of fused-ring (bicyclic) bond motifs is 3. The SMILES string of the molecule is COc1cc2c(cc1OC)[C@]1(CC[C@H](C(=O)N3CCN(c4ncnc5c4cnn5Cc4csc(C)n4)CC3)CC1)N(C(=O)CN(C)C)CC2. The van der Waals surface area contributed by atoms with Gasteiger partial charge in [-0.1, -0.05) is 0 Å². The fourth-order valence-corrected chi connectivity index (χ4v) is 8.64. The molecule has 0 N–H and O–H groups in total. The van der Waals surface area contributed by atoms with E-state index >= 15 is 0 Å². The van der Waals surface area contributed by atoms with Crippen molar-refractivity contribution in [2.45, 2.75) is 51.1 Å². The van der Waals surface area contributed by atoms with Crippen LogP contribution >= 0.6 is 11.3 Å². The third-order valence-electron chi connectivity index (χ3n) is 10.4. The maximum Gasteiger partial charge on any atom is 0.237 e. The second-order valence-corrected chi connectivity index (χ2v) is 14.7. The molecule has 3 aliphatic rings. The zero-order valence-corrected chi connectivity index (χ0v) is 29.8. The van der Waals surface area contributed by atoms with E-state index in [-0.39, 0.29) is 17.7 Å². The average molecular weight is 688 g/mol. The molecule has 2 amide bonds. The Morgan fingerprint density at radius 3 is 2.43 bits per heavy atom. The van der Waals surface area contributed by atoms with Crippen molar-refractivity contribution in [2.24, 2.45) is 5.92 Å². The van der Waals surface area contributed by atoms with E-state index in [2.05, 4.69) is 47.4 Å². The molecule has 5 heterocycles. The number of anilines is 1. The number of benzene rings is 1. The first-order chi connectivity index (χ1) is 23.7. The molecular formula is C35H45N9O4S. The number of aryl methyl sites for hydroxylation is 1. The summed E-state index contributed by atoms with van der Waals surface area (Å²) < 4.78 is 13.2. The highest BCUT2D eigenvalue weighted by atomic mass is 32.1. The van der Waals surface area contributed by atoms with Gasteiger partial charge in [0.2, 0.25) is 11.8 Å². The van der Waals surface area contributed by atoms with E-state index in [0.29, 0.717) is 57.3 Å². The van der Waals surface area contributed by atoms with Crippen LogP contribution in [0.5, 0.6) is 11.5 Å². The molecule has 7 rings (SSSR count). The molecule has 1 aliphatic carbocycles. The standard InChI is InChI=1S/C35H45N9O4S/c1-23-39-26(21-49-23)19-44-33-27(18-38-44)32(36-22-37-33)41-12-14-42(15-13-41)34(46)24-6-9-35(10-7-24)28-17-30(48-5)29(47-4)16-25(28)8-11-43(35)31(45)20-40(2)3/h16-18,21-22,24H,6-15,19-20H2,1-5H3/t24-,35+. The highest BCUT2D eigenvalue weighted by Crippen LogP contribution is 2.50. The van der Waals surface area contributed by atoms with Crippen molar-refractivity contribution in [1.29, 1.82) is 0 Å². The number of carbonyl (C=O) groups is 2. The van der Waals surface area contributed by atoms with Gasteiger partial charge in [0.1, 0.15) is 12.1 Å². The quantitative estimate of drug-likeness (QED) is 0.273. The van der Waals surface area contributed by atoms with Gasteiger partial charge in [0, 0.05) is 44.0 Å². The lowest BCUT2D eigenvalue weighted by Crippen LogP contribution is -2.57. The number of carbonyl (C=O) groups excluding carboxylic acids is 2. The number of hydrogen-bond donors (Lipinski definition) is 0. The third kappa shape index (κ3) is 6.20. The molecule has 260 valence electrons. The maximum atomic E-state index is 14.0. The highest BCUT2D eigenvalue weighted by molar-refractivity contribution is 7.09. The number of ether oxygens (including phenoxy) is 2. The number of methoxy groups -OCH3 is 2. The van der Waals surface area contributed by atoms with Crippen LogP contribution in [0.15, 0.2) is 30.0 Å². The summed E-state index contributed by atoms with van der Waals surface area (Å²) in [6.07, 6.45) is 7.10. The molecule has 1 aromatic carbocycles. The lowest BCUT2D eigenvalue weighted by molar-refractivity contribution is -0.144. The molecule has 1 spiro atoms. The Labute approximate surface area is 290 Å². The minimum atomic E-state index is -0.475. The maximum absolute atomic E-state index is 14.0. The van der Waals surface area contributed by atoms with Crippen LogP contribution in [0.4, 0.5) is 5.82 Å². The Hall–Kier alpha value is -4.30. The van der Waals surface area contributed by atoms with Gasteiger partial charge in [-0.15, -0.1) is 11.3 Å². The Morgan fingerprint density at radius 1 is 1.02 bits per heavy atom. The fourth-order valence-electron chi connectivity index (χ4n) is 8.03. The lowest BCUT2D eigenvalue weighted by atomic mass is 9.68. The van der Waals surface area contributed by atoms with Crippen molar-refractivity contribution in [1.82, 2.24) is 39.4 Å². The summed E-state index contributed by atoms with van der Waals surface area (Å²) in [7, 11) is 7.16. The predicted molar refractivity (Wildman–Crippen MR) is 187 cm³/mol. The minimum Gasteiger partial charge on any atom is -0.493 e. The molecule has 2 fully saturated rings. The van der Waals surface area contributed by atoms with Gasteiger partial charge in [-0.2, -0.15) is 5.10 Å². The fraction of sp³-hybridized carbons (Fsp3) is 0.543. The van der Waals surface area contributed by atoms with Crippen LogP contribution in [0.1, 0.15) is 47.5 Å². The number of hydrogen-bond acceptors (Lipinski definition) is 11. The van der Waals surface area contributed by atoms with Gasteiger partial charge < -0.3 is 29.1 Å². The second-order valence-electron chi connectivity index (χ2n) is 13.6. The van der Waals surface area contributed by atoms with Crippen molar-refractivity contribution in [3.63, 3.8) is 0 Å². The molecule has 49 heavy (non-hydrogen) atoms. The number of thiazole rings is 1. The highest BCUT2D eigenvalue weighted by Gasteiger charge is 2.49. The van der Waals surface area contributed by atoms with E-state index < -0.39 is 5.54 Å². The molecule has 3 aromatic heterocycles. The van der Waals surface area contributed by atoms with Gasteiger partial charge in [-0.25, -0.2) is 19.6 Å². The van der Waals surface area contributed by atoms with Crippen LogP contribution in [0.25, 0.3) is 11.0 Å². The largest absolute Gasteiger partial charge is 0.493 e. The van der Waals surface area contributed by atoms with Crippen molar-refractivity contribution in [3.8, 4) is 11.5 Å². The van der Waals surface area contributed by atoms with Gasteiger partial charge in [-0.3, -0.25) is 9.59 Å². The number of aromatic nitrogens is 5. The lowest BCUT2D eigenvalue weighted by Gasteiger charge is -2.52. The number of amides is 2. The first-order valence-corrected chi connectivity index (χ1v) is 17.9. The molecular weight excluding hydrogens is 643 g/mol. The molecule has 1 saturated heterocycles. The normalized spacial score (nSPS) is 21.0. The van der Waals surface area contributed by atoms with E-state index in [4.69, 9.17) is 9.47 Å². The van der Waals surface area contributed by atoms with Gasteiger partial charge >= 0.3 is 0 Å². The zero-order chi connectivity index (χ0) is 34.3. The molecule has 13 nitrogen and oxygen atoms in total.